The standard InChI is InChI=1S/C15H23BrN2O/c1-2-8-18(14-4-3-7-17-10-14)11-12-9-13(16)5-6-15(12)19/h5-6,9,14,17,19H,2-4,7-8,10-11H2,1H3. The average Bonchev–Trinajstić information content (AvgIpc) is 2.43. The van der Waals surface area contributed by atoms with Gasteiger partial charge in [0.05, 0.1) is 0 Å². The lowest BCUT2D eigenvalue weighted by Gasteiger charge is -2.34. The number of aromatic hydroxyl groups is 1. The van der Waals surface area contributed by atoms with E-state index >= 15 is 0 Å². The Morgan fingerprint density at radius 2 is 2.32 bits per heavy atom. The van der Waals surface area contributed by atoms with Crippen LogP contribution in [0.1, 0.15) is 31.7 Å². The van der Waals surface area contributed by atoms with E-state index < -0.39 is 0 Å². The highest BCUT2D eigenvalue weighted by atomic mass is 79.9. The molecular formula is C15H23BrN2O. The van der Waals surface area contributed by atoms with Crippen LogP contribution < -0.4 is 5.32 Å². The van der Waals surface area contributed by atoms with Gasteiger partial charge in [-0.25, -0.2) is 0 Å². The van der Waals surface area contributed by atoms with Gasteiger partial charge in [0.25, 0.3) is 0 Å². The van der Waals surface area contributed by atoms with E-state index in [1.54, 1.807) is 6.07 Å². The normalized spacial score (nSPS) is 19.8. The first kappa shape index (κ1) is 14.8. The van der Waals surface area contributed by atoms with Crippen LogP contribution >= 0.6 is 15.9 Å². The number of phenols is 1. The number of rotatable bonds is 5. The fraction of sp³-hybridized carbons (Fsp3) is 0.600. The van der Waals surface area contributed by atoms with Gasteiger partial charge in [-0.15, -0.1) is 0 Å². The number of nitrogens with one attached hydrogen (secondary N) is 1. The SMILES string of the molecule is CCCN(Cc1cc(Br)ccc1O)C1CCCNC1. The lowest BCUT2D eigenvalue weighted by molar-refractivity contribution is 0.156. The molecule has 0 aliphatic carbocycles. The van der Waals surface area contributed by atoms with Crippen LogP contribution in [-0.4, -0.2) is 35.7 Å². The molecule has 1 fully saturated rings. The minimum Gasteiger partial charge on any atom is -0.508 e. The molecule has 4 heteroatoms. The molecule has 1 heterocycles. The molecule has 0 amide bonds. The molecular weight excluding hydrogens is 304 g/mol. The molecule has 106 valence electrons. The molecule has 3 nitrogen and oxygen atoms in total. The van der Waals surface area contributed by atoms with Crippen LogP contribution in [0, 0.1) is 0 Å². The van der Waals surface area contributed by atoms with Crippen molar-refractivity contribution in [2.45, 2.75) is 38.8 Å². The van der Waals surface area contributed by atoms with Crippen LogP contribution in [-0.2, 0) is 6.54 Å². The molecule has 1 atom stereocenters. The Morgan fingerprint density at radius 1 is 1.47 bits per heavy atom. The number of halogens is 1. The molecule has 1 aliphatic rings. The summed E-state index contributed by atoms with van der Waals surface area (Å²) >= 11 is 3.48. The highest BCUT2D eigenvalue weighted by Gasteiger charge is 2.21. The van der Waals surface area contributed by atoms with E-state index in [1.165, 1.54) is 12.8 Å². The summed E-state index contributed by atoms with van der Waals surface area (Å²) in [6, 6.07) is 6.26. The van der Waals surface area contributed by atoms with Gasteiger partial charge in [-0.1, -0.05) is 22.9 Å². The average molecular weight is 327 g/mol. The van der Waals surface area contributed by atoms with Crippen molar-refractivity contribution in [1.29, 1.82) is 0 Å². The molecule has 2 rings (SSSR count). The fourth-order valence-corrected chi connectivity index (χ4v) is 3.13. The van der Waals surface area contributed by atoms with Crippen LogP contribution in [0.25, 0.3) is 0 Å². The van der Waals surface area contributed by atoms with E-state index in [0.717, 1.165) is 42.6 Å². The summed E-state index contributed by atoms with van der Waals surface area (Å²) in [5, 5.41) is 13.5. The summed E-state index contributed by atoms with van der Waals surface area (Å²) in [6.45, 7) is 6.32. The second kappa shape index (κ2) is 7.27. The van der Waals surface area contributed by atoms with Gasteiger partial charge in [-0.2, -0.15) is 0 Å². The predicted molar refractivity (Wildman–Crippen MR) is 82.4 cm³/mol. The van der Waals surface area contributed by atoms with Crippen molar-refractivity contribution in [3.8, 4) is 5.75 Å². The predicted octanol–water partition coefficient (Wildman–Crippen LogP) is 3.12. The summed E-state index contributed by atoms with van der Waals surface area (Å²) in [6.07, 6.45) is 3.64. The molecule has 0 spiro atoms. The van der Waals surface area contributed by atoms with E-state index in [4.69, 9.17) is 0 Å². The van der Waals surface area contributed by atoms with Crippen molar-refractivity contribution in [2.75, 3.05) is 19.6 Å². The second-order valence-electron chi connectivity index (χ2n) is 5.24. The van der Waals surface area contributed by atoms with Gasteiger partial charge in [0, 0.05) is 29.2 Å². The van der Waals surface area contributed by atoms with Crippen molar-refractivity contribution in [3.05, 3.63) is 28.2 Å². The molecule has 1 aromatic rings. The fourth-order valence-electron chi connectivity index (χ4n) is 2.72. The van der Waals surface area contributed by atoms with Gasteiger partial charge in [0.2, 0.25) is 0 Å². The lowest BCUT2D eigenvalue weighted by atomic mass is 10.0. The number of piperidine rings is 1. The molecule has 19 heavy (non-hydrogen) atoms. The number of benzene rings is 1. The smallest absolute Gasteiger partial charge is 0.120 e. The molecule has 1 unspecified atom stereocenters. The largest absolute Gasteiger partial charge is 0.508 e. The maximum absolute atomic E-state index is 9.99. The zero-order valence-electron chi connectivity index (χ0n) is 11.5. The monoisotopic (exact) mass is 326 g/mol. The van der Waals surface area contributed by atoms with Gasteiger partial charge in [0.1, 0.15) is 5.75 Å². The van der Waals surface area contributed by atoms with E-state index in [0.29, 0.717) is 11.8 Å². The van der Waals surface area contributed by atoms with Crippen LogP contribution in [0.15, 0.2) is 22.7 Å². The highest BCUT2D eigenvalue weighted by Crippen LogP contribution is 2.25. The van der Waals surface area contributed by atoms with Gasteiger partial charge in [-0.05, 0) is 50.6 Å². The van der Waals surface area contributed by atoms with Crippen molar-refractivity contribution < 1.29 is 5.11 Å². The lowest BCUT2D eigenvalue weighted by Crippen LogP contribution is -2.45. The zero-order valence-corrected chi connectivity index (χ0v) is 13.1. The Bertz CT molecular complexity index is 405. The number of nitrogens with zero attached hydrogens (tertiary/aromatic N) is 1. The molecule has 0 aromatic heterocycles. The third-order valence-electron chi connectivity index (χ3n) is 3.71. The van der Waals surface area contributed by atoms with Gasteiger partial charge < -0.3 is 10.4 Å². The summed E-state index contributed by atoms with van der Waals surface area (Å²) in [5.41, 5.74) is 1.01. The first-order chi connectivity index (χ1) is 9.20. The van der Waals surface area contributed by atoms with Crippen molar-refractivity contribution in [2.24, 2.45) is 0 Å². The maximum Gasteiger partial charge on any atom is 0.120 e. The minimum atomic E-state index is 0.396. The Labute approximate surface area is 124 Å². The Balaban J connectivity index is 2.08. The summed E-state index contributed by atoms with van der Waals surface area (Å²) in [5.74, 6) is 0.396. The number of hydrogen-bond donors (Lipinski definition) is 2. The molecule has 0 bridgehead atoms. The van der Waals surface area contributed by atoms with Gasteiger partial charge >= 0.3 is 0 Å². The van der Waals surface area contributed by atoms with Crippen LogP contribution in [0.2, 0.25) is 0 Å². The van der Waals surface area contributed by atoms with Crippen molar-refractivity contribution >= 4 is 15.9 Å². The van der Waals surface area contributed by atoms with Crippen molar-refractivity contribution in [3.63, 3.8) is 0 Å². The molecule has 1 aliphatic heterocycles. The zero-order chi connectivity index (χ0) is 13.7. The first-order valence-corrected chi connectivity index (χ1v) is 7.92. The Hall–Kier alpha value is -0.580. The summed E-state index contributed by atoms with van der Waals surface area (Å²) in [7, 11) is 0. The molecule has 1 saturated heterocycles. The van der Waals surface area contributed by atoms with E-state index in [1.807, 2.05) is 12.1 Å². The third-order valence-corrected chi connectivity index (χ3v) is 4.21. The Morgan fingerprint density at radius 3 is 3.00 bits per heavy atom. The van der Waals surface area contributed by atoms with Gasteiger partial charge in [0.15, 0.2) is 0 Å². The van der Waals surface area contributed by atoms with Crippen molar-refractivity contribution in [1.82, 2.24) is 10.2 Å². The summed E-state index contributed by atoms with van der Waals surface area (Å²) < 4.78 is 1.03. The third kappa shape index (κ3) is 4.20. The first-order valence-electron chi connectivity index (χ1n) is 7.13. The quantitative estimate of drug-likeness (QED) is 0.872. The van der Waals surface area contributed by atoms with Crippen LogP contribution in [0.5, 0.6) is 5.75 Å². The van der Waals surface area contributed by atoms with Crippen LogP contribution in [0.4, 0.5) is 0 Å². The molecule has 0 saturated carbocycles. The van der Waals surface area contributed by atoms with E-state index in [-0.39, 0.29) is 0 Å². The second-order valence-corrected chi connectivity index (χ2v) is 6.16. The highest BCUT2D eigenvalue weighted by molar-refractivity contribution is 9.10. The number of phenolic OH excluding ortho intramolecular Hbond substituents is 1. The molecule has 2 N–H and O–H groups in total. The van der Waals surface area contributed by atoms with Gasteiger partial charge in [-0.3, -0.25) is 4.90 Å². The number of hydrogen-bond acceptors (Lipinski definition) is 3. The maximum atomic E-state index is 9.99. The minimum absolute atomic E-state index is 0.396. The van der Waals surface area contributed by atoms with E-state index in [9.17, 15) is 5.11 Å². The van der Waals surface area contributed by atoms with Crippen LogP contribution in [0.3, 0.4) is 0 Å². The molecule has 1 aromatic carbocycles. The summed E-state index contributed by atoms with van der Waals surface area (Å²) in [4.78, 5) is 2.49. The topological polar surface area (TPSA) is 35.5 Å². The Kier molecular flexibility index (Phi) is 5.67. The van der Waals surface area contributed by atoms with E-state index in [2.05, 4.69) is 33.1 Å². The molecule has 0 radical (unpaired) electrons.